The molecule has 0 bridgehead atoms. The minimum Gasteiger partial charge on any atom is -0.454 e. The van der Waals surface area contributed by atoms with Gasteiger partial charge in [0.1, 0.15) is 5.75 Å². The summed E-state index contributed by atoms with van der Waals surface area (Å²) in [7, 11) is 0. The van der Waals surface area contributed by atoms with Crippen molar-refractivity contribution in [1.29, 1.82) is 0 Å². The Morgan fingerprint density at radius 2 is 1.88 bits per heavy atom. The molecule has 0 aliphatic heterocycles. The molecule has 0 fully saturated rings. The molecule has 0 saturated heterocycles. The predicted molar refractivity (Wildman–Crippen MR) is 67.2 cm³/mol. The summed E-state index contributed by atoms with van der Waals surface area (Å²) in [6.45, 7) is 1.91. The zero-order chi connectivity index (χ0) is 12.3. The van der Waals surface area contributed by atoms with Crippen LogP contribution in [0.5, 0.6) is 11.5 Å². The Morgan fingerprint density at radius 3 is 2.53 bits per heavy atom. The van der Waals surface area contributed by atoms with Gasteiger partial charge in [-0.3, -0.25) is 0 Å². The SMILES string of the molecule is Cc1cc(CCl)ccc1Oc1ccccc1F. The van der Waals surface area contributed by atoms with Crippen molar-refractivity contribution >= 4 is 11.6 Å². The molecular weight excluding hydrogens is 239 g/mol. The second-order valence-corrected chi connectivity index (χ2v) is 4.03. The van der Waals surface area contributed by atoms with Crippen LogP contribution in [0.1, 0.15) is 11.1 Å². The second kappa shape index (κ2) is 5.19. The number of para-hydroxylation sites is 1. The van der Waals surface area contributed by atoms with E-state index in [1.54, 1.807) is 24.3 Å². The number of aryl methyl sites for hydroxylation is 1. The van der Waals surface area contributed by atoms with Gasteiger partial charge in [0.15, 0.2) is 11.6 Å². The number of ether oxygens (including phenoxy) is 1. The van der Waals surface area contributed by atoms with Gasteiger partial charge in [-0.05, 0) is 36.2 Å². The molecule has 0 unspecified atom stereocenters. The molecule has 0 saturated carbocycles. The summed E-state index contributed by atoms with van der Waals surface area (Å²) in [6.07, 6.45) is 0. The van der Waals surface area contributed by atoms with Gasteiger partial charge in [0.2, 0.25) is 0 Å². The minimum atomic E-state index is -0.367. The van der Waals surface area contributed by atoms with E-state index in [1.807, 2.05) is 19.1 Å². The van der Waals surface area contributed by atoms with E-state index in [0.29, 0.717) is 11.6 Å². The summed E-state index contributed by atoms with van der Waals surface area (Å²) in [5.41, 5.74) is 1.96. The van der Waals surface area contributed by atoms with Crippen molar-refractivity contribution in [3.8, 4) is 11.5 Å². The zero-order valence-electron chi connectivity index (χ0n) is 9.41. The van der Waals surface area contributed by atoms with Gasteiger partial charge in [-0.25, -0.2) is 4.39 Å². The molecule has 17 heavy (non-hydrogen) atoms. The maximum absolute atomic E-state index is 13.4. The first-order valence-corrected chi connectivity index (χ1v) is 5.82. The molecule has 2 rings (SSSR count). The monoisotopic (exact) mass is 250 g/mol. The molecule has 0 N–H and O–H groups in total. The Bertz CT molecular complexity index is 525. The molecule has 0 heterocycles. The number of benzene rings is 2. The molecular formula is C14H12ClFO. The number of rotatable bonds is 3. The van der Waals surface area contributed by atoms with Gasteiger partial charge >= 0.3 is 0 Å². The largest absolute Gasteiger partial charge is 0.454 e. The molecule has 0 amide bonds. The summed E-state index contributed by atoms with van der Waals surface area (Å²) in [6, 6.07) is 12.0. The number of halogens is 2. The lowest BCUT2D eigenvalue weighted by Gasteiger charge is -2.10. The lowest BCUT2D eigenvalue weighted by molar-refractivity contribution is 0.439. The van der Waals surface area contributed by atoms with Crippen LogP contribution in [0.25, 0.3) is 0 Å². The predicted octanol–water partition coefficient (Wildman–Crippen LogP) is 4.67. The number of hydrogen-bond acceptors (Lipinski definition) is 1. The van der Waals surface area contributed by atoms with E-state index in [1.165, 1.54) is 6.07 Å². The van der Waals surface area contributed by atoms with Crippen LogP contribution in [0.15, 0.2) is 42.5 Å². The van der Waals surface area contributed by atoms with Gasteiger partial charge in [-0.2, -0.15) is 0 Å². The van der Waals surface area contributed by atoms with Crippen molar-refractivity contribution < 1.29 is 9.13 Å². The Kier molecular flexibility index (Phi) is 3.64. The van der Waals surface area contributed by atoms with E-state index in [4.69, 9.17) is 16.3 Å². The standard InChI is InChI=1S/C14H12ClFO/c1-10-8-11(9-15)6-7-13(10)17-14-5-3-2-4-12(14)16/h2-8H,9H2,1H3. The molecule has 0 aromatic heterocycles. The van der Waals surface area contributed by atoms with E-state index in [9.17, 15) is 4.39 Å². The van der Waals surface area contributed by atoms with E-state index in [2.05, 4.69) is 0 Å². The first kappa shape index (κ1) is 11.9. The van der Waals surface area contributed by atoms with Gasteiger partial charge < -0.3 is 4.74 Å². The highest BCUT2D eigenvalue weighted by atomic mass is 35.5. The first-order valence-electron chi connectivity index (χ1n) is 5.28. The van der Waals surface area contributed by atoms with Gasteiger partial charge in [0.05, 0.1) is 0 Å². The smallest absolute Gasteiger partial charge is 0.165 e. The van der Waals surface area contributed by atoms with Crippen LogP contribution in [0, 0.1) is 12.7 Å². The van der Waals surface area contributed by atoms with Crippen molar-refractivity contribution in [3.05, 3.63) is 59.4 Å². The van der Waals surface area contributed by atoms with Gasteiger partial charge in [-0.1, -0.05) is 24.3 Å². The topological polar surface area (TPSA) is 9.23 Å². The molecule has 2 aromatic rings. The molecule has 88 valence electrons. The molecule has 0 aliphatic carbocycles. The summed E-state index contributed by atoms with van der Waals surface area (Å²) >= 11 is 5.74. The Hall–Kier alpha value is -1.54. The van der Waals surface area contributed by atoms with E-state index in [0.717, 1.165) is 11.1 Å². The third-order valence-electron chi connectivity index (χ3n) is 2.45. The van der Waals surface area contributed by atoms with Crippen LogP contribution in [0.3, 0.4) is 0 Å². The summed E-state index contributed by atoms with van der Waals surface area (Å²) in [5, 5.41) is 0. The maximum atomic E-state index is 13.4. The van der Waals surface area contributed by atoms with Crippen LogP contribution >= 0.6 is 11.6 Å². The molecule has 0 atom stereocenters. The van der Waals surface area contributed by atoms with E-state index < -0.39 is 0 Å². The fraction of sp³-hybridized carbons (Fsp3) is 0.143. The van der Waals surface area contributed by atoms with Crippen molar-refractivity contribution in [1.82, 2.24) is 0 Å². The average Bonchev–Trinajstić information content (AvgIpc) is 2.34. The van der Waals surface area contributed by atoms with Crippen molar-refractivity contribution in [2.45, 2.75) is 12.8 Å². The average molecular weight is 251 g/mol. The first-order chi connectivity index (χ1) is 8.20. The highest BCUT2D eigenvalue weighted by Gasteiger charge is 2.06. The van der Waals surface area contributed by atoms with Gasteiger partial charge in [0.25, 0.3) is 0 Å². The van der Waals surface area contributed by atoms with Crippen LogP contribution in [-0.2, 0) is 5.88 Å². The Morgan fingerprint density at radius 1 is 1.12 bits per heavy atom. The molecule has 0 spiro atoms. The highest BCUT2D eigenvalue weighted by Crippen LogP contribution is 2.27. The fourth-order valence-corrected chi connectivity index (χ4v) is 1.72. The lowest BCUT2D eigenvalue weighted by atomic mass is 10.1. The van der Waals surface area contributed by atoms with Crippen LogP contribution < -0.4 is 4.74 Å². The molecule has 2 aromatic carbocycles. The fourth-order valence-electron chi connectivity index (χ4n) is 1.56. The van der Waals surface area contributed by atoms with Crippen LogP contribution in [-0.4, -0.2) is 0 Å². The van der Waals surface area contributed by atoms with Crippen LogP contribution in [0.2, 0.25) is 0 Å². The molecule has 3 heteroatoms. The van der Waals surface area contributed by atoms with Crippen LogP contribution in [0.4, 0.5) is 4.39 Å². The molecule has 0 radical (unpaired) electrons. The third kappa shape index (κ3) is 2.77. The normalized spacial score (nSPS) is 10.3. The maximum Gasteiger partial charge on any atom is 0.165 e. The van der Waals surface area contributed by atoms with Crippen molar-refractivity contribution in [2.75, 3.05) is 0 Å². The Labute approximate surface area is 105 Å². The number of hydrogen-bond donors (Lipinski definition) is 0. The Balaban J connectivity index is 2.28. The van der Waals surface area contributed by atoms with E-state index in [-0.39, 0.29) is 11.6 Å². The van der Waals surface area contributed by atoms with Gasteiger partial charge in [-0.15, -0.1) is 11.6 Å². The lowest BCUT2D eigenvalue weighted by Crippen LogP contribution is -1.91. The summed E-state index contributed by atoms with van der Waals surface area (Å²) < 4.78 is 18.9. The summed E-state index contributed by atoms with van der Waals surface area (Å²) in [4.78, 5) is 0. The van der Waals surface area contributed by atoms with Crippen molar-refractivity contribution in [2.24, 2.45) is 0 Å². The summed E-state index contributed by atoms with van der Waals surface area (Å²) in [5.74, 6) is 0.965. The quantitative estimate of drug-likeness (QED) is 0.720. The number of alkyl halides is 1. The minimum absolute atomic E-state index is 0.231. The van der Waals surface area contributed by atoms with E-state index >= 15 is 0 Å². The zero-order valence-corrected chi connectivity index (χ0v) is 10.2. The third-order valence-corrected chi connectivity index (χ3v) is 2.76. The van der Waals surface area contributed by atoms with Gasteiger partial charge in [0, 0.05) is 5.88 Å². The molecule has 1 nitrogen and oxygen atoms in total. The second-order valence-electron chi connectivity index (χ2n) is 3.77. The highest BCUT2D eigenvalue weighted by molar-refractivity contribution is 6.17. The van der Waals surface area contributed by atoms with Crippen molar-refractivity contribution in [3.63, 3.8) is 0 Å². The molecule has 0 aliphatic rings.